The molecule has 104 valence electrons. The van der Waals surface area contributed by atoms with E-state index in [0.29, 0.717) is 11.9 Å². The molecule has 1 unspecified atom stereocenters. The molecule has 0 aromatic rings. The van der Waals surface area contributed by atoms with Crippen molar-refractivity contribution in [3.05, 3.63) is 0 Å². The lowest BCUT2D eigenvalue weighted by molar-refractivity contribution is -0.135. The maximum absolute atomic E-state index is 12.3. The molecule has 1 atom stereocenters. The molecule has 2 saturated heterocycles. The van der Waals surface area contributed by atoms with Gasteiger partial charge in [0.05, 0.1) is 0 Å². The van der Waals surface area contributed by atoms with Gasteiger partial charge in [0.15, 0.2) is 0 Å². The summed E-state index contributed by atoms with van der Waals surface area (Å²) in [5, 5.41) is 0. The van der Waals surface area contributed by atoms with Gasteiger partial charge in [0.1, 0.15) is 0 Å². The molecule has 2 fully saturated rings. The zero-order chi connectivity index (χ0) is 12.8. The normalized spacial score (nSPS) is 26.3. The predicted octanol–water partition coefficient (Wildman–Crippen LogP) is 2.65. The molecule has 2 rings (SSSR count). The minimum Gasteiger partial charge on any atom is -0.340 e. The van der Waals surface area contributed by atoms with Crippen LogP contribution in [0.1, 0.15) is 58.3 Å². The summed E-state index contributed by atoms with van der Waals surface area (Å²) in [6.45, 7) is 6.58. The molecule has 0 radical (unpaired) electrons. The van der Waals surface area contributed by atoms with Crippen molar-refractivity contribution < 1.29 is 4.79 Å². The molecule has 2 aliphatic rings. The van der Waals surface area contributed by atoms with Crippen LogP contribution in [-0.4, -0.2) is 47.9 Å². The average molecular weight is 252 g/mol. The topological polar surface area (TPSA) is 23.6 Å². The summed E-state index contributed by atoms with van der Waals surface area (Å²) in [6, 6.07) is 0.521. The summed E-state index contributed by atoms with van der Waals surface area (Å²) >= 11 is 0. The first-order chi connectivity index (χ1) is 8.81. The largest absolute Gasteiger partial charge is 0.340 e. The quantitative estimate of drug-likeness (QED) is 0.768. The minimum atomic E-state index is 0.395. The number of rotatable bonds is 4. The number of carbonyl (C=O) groups is 1. The standard InChI is InChI=1S/C15H28N2O/c1-2-14-8-4-7-12-17(14)15(18)9-13-16-10-5-3-6-11-16/h14H,2-13H2,1H3. The molecule has 0 saturated carbocycles. The van der Waals surface area contributed by atoms with E-state index in [-0.39, 0.29) is 0 Å². The molecule has 1 amide bonds. The van der Waals surface area contributed by atoms with Gasteiger partial charge in [0.2, 0.25) is 5.91 Å². The number of hydrogen-bond acceptors (Lipinski definition) is 2. The fourth-order valence-electron chi connectivity index (χ4n) is 3.33. The zero-order valence-corrected chi connectivity index (χ0v) is 11.9. The minimum absolute atomic E-state index is 0.395. The van der Waals surface area contributed by atoms with E-state index < -0.39 is 0 Å². The molecule has 0 N–H and O–H groups in total. The van der Waals surface area contributed by atoms with Crippen LogP contribution in [0, 0.1) is 0 Å². The highest BCUT2D eigenvalue weighted by Crippen LogP contribution is 2.20. The summed E-state index contributed by atoms with van der Waals surface area (Å²) in [5.41, 5.74) is 0. The number of amides is 1. The summed E-state index contributed by atoms with van der Waals surface area (Å²) in [5.74, 6) is 0.395. The first-order valence-electron chi connectivity index (χ1n) is 7.83. The maximum atomic E-state index is 12.3. The van der Waals surface area contributed by atoms with Crippen LogP contribution in [0.2, 0.25) is 0 Å². The van der Waals surface area contributed by atoms with Crippen LogP contribution in [0.5, 0.6) is 0 Å². The van der Waals surface area contributed by atoms with Crippen LogP contribution in [0.4, 0.5) is 0 Å². The molecular weight excluding hydrogens is 224 g/mol. The Balaban J connectivity index is 1.75. The fourth-order valence-corrected chi connectivity index (χ4v) is 3.33. The van der Waals surface area contributed by atoms with Crippen molar-refractivity contribution in [1.29, 1.82) is 0 Å². The Labute approximate surface area is 112 Å². The van der Waals surface area contributed by atoms with Gasteiger partial charge in [-0.1, -0.05) is 13.3 Å². The molecular formula is C15H28N2O. The lowest BCUT2D eigenvalue weighted by Gasteiger charge is -2.36. The third-order valence-electron chi connectivity index (χ3n) is 4.51. The number of piperidine rings is 2. The van der Waals surface area contributed by atoms with Crippen LogP contribution in [-0.2, 0) is 4.79 Å². The van der Waals surface area contributed by atoms with E-state index in [1.54, 1.807) is 0 Å². The average Bonchev–Trinajstić information content (AvgIpc) is 2.45. The van der Waals surface area contributed by atoms with Gasteiger partial charge >= 0.3 is 0 Å². The Kier molecular flexibility index (Phi) is 5.48. The predicted molar refractivity (Wildman–Crippen MR) is 74.6 cm³/mol. The number of carbonyl (C=O) groups excluding carboxylic acids is 1. The maximum Gasteiger partial charge on any atom is 0.224 e. The van der Waals surface area contributed by atoms with Crippen LogP contribution in [0.3, 0.4) is 0 Å². The van der Waals surface area contributed by atoms with Gasteiger partial charge in [-0.25, -0.2) is 0 Å². The van der Waals surface area contributed by atoms with E-state index >= 15 is 0 Å². The summed E-state index contributed by atoms with van der Waals surface area (Å²) in [6.07, 6.45) is 9.57. The first kappa shape index (κ1) is 13.9. The van der Waals surface area contributed by atoms with E-state index in [1.165, 1.54) is 51.6 Å². The zero-order valence-electron chi connectivity index (χ0n) is 11.9. The van der Waals surface area contributed by atoms with Crippen molar-refractivity contribution in [3.8, 4) is 0 Å². The smallest absolute Gasteiger partial charge is 0.224 e. The fraction of sp³-hybridized carbons (Fsp3) is 0.933. The summed E-state index contributed by atoms with van der Waals surface area (Å²) in [7, 11) is 0. The highest BCUT2D eigenvalue weighted by Gasteiger charge is 2.25. The van der Waals surface area contributed by atoms with Crippen LogP contribution >= 0.6 is 0 Å². The number of likely N-dealkylation sites (tertiary alicyclic amines) is 2. The van der Waals surface area contributed by atoms with Crippen molar-refractivity contribution in [1.82, 2.24) is 9.80 Å². The van der Waals surface area contributed by atoms with E-state index in [2.05, 4.69) is 16.7 Å². The van der Waals surface area contributed by atoms with Crippen LogP contribution in [0.25, 0.3) is 0 Å². The van der Waals surface area contributed by atoms with Crippen molar-refractivity contribution >= 4 is 5.91 Å². The Morgan fingerprint density at radius 2 is 1.78 bits per heavy atom. The number of nitrogens with zero attached hydrogens (tertiary/aromatic N) is 2. The molecule has 18 heavy (non-hydrogen) atoms. The molecule has 2 aliphatic heterocycles. The monoisotopic (exact) mass is 252 g/mol. The lowest BCUT2D eigenvalue weighted by Crippen LogP contribution is -2.44. The SMILES string of the molecule is CCC1CCCCN1C(=O)CCN1CCCCC1. The van der Waals surface area contributed by atoms with E-state index in [1.807, 2.05) is 0 Å². The van der Waals surface area contributed by atoms with Crippen LogP contribution in [0.15, 0.2) is 0 Å². The van der Waals surface area contributed by atoms with Gasteiger partial charge in [-0.2, -0.15) is 0 Å². The molecule has 0 aromatic carbocycles. The van der Waals surface area contributed by atoms with Gasteiger partial charge in [-0.15, -0.1) is 0 Å². The first-order valence-corrected chi connectivity index (χ1v) is 7.83. The van der Waals surface area contributed by atoms with E-state index in [4.69, 9.17) is 0 Å². The molecule has 0 bridgehead atoms. The second-order valence-corrected chi connectivity index (χ2v) is 5.80. The third kappa shape index (κ3) is 3.71. The van der Waals surface area contributed by atoms with Gasteiger partial charge in [-0.3, -0.25) is 4.79 Å². The third-order valence-corrected chi connectivity index (χ3v) is 4.51. The Hall–Kier alpha value is -0.570. The Morgan fingerprint density at radius 3 is 2.50 bits per heavy atom. The molecule has 0 aliphatic carbocycles. The van der Waals surface area contributed by atoms with E-state index in [0.717, 1.165) is 25.9 Å². The lowest BCUT2D eigenvalue weighted by atomic mass is 9.99. The molecule has 0 aromatic heterocycles. The van der Waals surface area contributed by atoms with Gasteiger partial charge in [0.25, 0.3) is 0 Å². The summed E-state index contributed by atoms with van der Waals surface area (Å²) < 4.78 is 0. The van der Waals surface area contributed by atoms with Crippen molar-refractivity contribution in [2.75, 3.05) is 26.2 Å². The van der Waals surface area contributed by atoms with E-state index in [9.17, 15) is 4.79 Å². The molecule has 3 heteroatoms. The molecule has 0 spiro atoms. The Bertz CT molecular complexity index is 261. The molecule has 3 nitrogen and oxygen atoms in total. The van der Waals surface area contributed by atoms with Crippen molar-refractivity contribution in [2.45, 2.75) is 64.3 Å². The van der Waals surface area contributed by atoms with Gasteiger partial charge in [-0.05, 0) is 51.6 Å². The second-order valence-electron chi connectivity index (χ2n) is 5.80. The number of hydrogen-bond donors (Lipinski definition) is 0. The Morgan fingerprint density at radius 1 is 1.06 bits per heavy atom. The highest BCUT2D eigenvalue weighted by atomic mass is 16.2. The second kappa shape index (κ2) is 7.13. The van der Waals surface area contributed by atoms with Crippen molar-refractivity contribution in [2.24, 2.45) is 0 Å². The van der Waals surface area contributed by atoms with Crippen molar-refractivity contribution in [3.63, 3.8) is 0 Å². The highest BCUT2D eigenvalue weighted by molar-refractivity contribution is 5.76. The van der Waals surface area contributed by atoms with Crippen LogP contribution < -0.4 is 0 Å². The summed E-state index contributed by atoms with van der Waals surface area (Å²) in [4.78, 5) is 16.9. The van der Waals surface area contributed by atoms with Gasteiger partial charge in [0, 0.05) is 25.6 Å². The van der Waals surface area contributed by atoms with Gasteiger partial charge < -0.3 is 9.80 Å². The molecule has 2 heterocycles.